The van der Waals surface area contributed by atoms with Crippen LogP contribution in [0.1, 0.15) is 90.5 Å². The average molecular weight is 669 g/mol. The number of piperidine rings is 2. The van der Waals surface area contributed by atoms with Crippen molar-refractivity contribution in [3.05, 3.63) is 53.8 Å². The number of Topliss-reactive ketones (excluding diaryl/α,β-unsaturated/α-hetero) is 2. The second-order valence-electron chi connectivity index (χ2n) is 14.2. The van der Waals surface area contributed by atoms with Crippen molar-refractivity contribution in [3.63, 3.8) is 0 Å². The summed E-state index contributed by atoms with van der Waals surface area (Å²) in [5, 5.41) is 0. The van der Waals surface area contributed by atoms with Crippen LogP contribution >= 0.6 is 0 Å². The summed E-state index contributed by atoms with van der Waals surface area (Å²) in [7, 11) is 0. The molecule has 4 rings (SSSR count). The molecule has 1 unspecified atom stereocenters. The molecule has 2 atom stereocenters. The minimum absolute atomic E-state index is 0.0200. The smallest absolute Gasteiger partial charge is 0.410 e. The van der Waals surface area contributed by atoms with E-state index >= 15 is 0 Å². The van der Waals surface area contributed by atoms with Gasteiger partial charge in [0, 0.05) is 51.4 Å². The highest BCUT2D eigenvalue weighted by Crippen LogP contribution is 2.33. The summed E-state index contributed by atoms with van der Waals surface area (Å²) in [5.41, 5.74) is 1.38. The molecule has 2 aliphatic heterocycles. The second kappa shape index (κ2) is 17.0. The van der Waals surface area contributed by atoms with Crippen molar-refractivity contribution >= 4 is 23.6 Å². The van der Waals surface area contributed by atoms with E-state index < -0.39 is 24.0 Å². The van der Waals surface area contributed by atoms with Crippen LogP contribution in [0.4, 0.5) is 13.6 Å². The highest BCUT2D eigenvalue weighted by Gasteiger charge is 2.32. The molecule has 2 heterocycles. The maximum atomic E-state index is 14.9. The van der Waals surface area contributed by atoms with E-state index in [2.05, 4.69) is 0 Å². The van der Waals surface area contributed by atoms with Crippen molar-refractivity contribution < 1.29 is 37.4 Å². The van der Waals surface area contributed by atoms with E-state index in [9.17, 15) is 28.0 Å². The van der Waals surface area contributed by atoms with E-state index in [0.29, 0.717) is 61.8 Å². The molecule has 48 heavy (non-hydrogen) atoms. The van der Waals surface area contributed by atoms with Gasteiger partial charge in [-0.05, 0) is 113 Å². The molecule has 2 aliphatic rings. The third-order valence-corrected chi connectivity index (χ3v) is 9.17. The van der Waals surface area contributed by atoms with Crippen molar-refractivity contribution in [2.24, 2.45) is 11.8 Å². The van der Waals surface area contributed by atoms with Gasteiger partial charge in [0.05, 0.1) is 0 Å². The first-order valence-electron chi connectivity index (χ1n) is 17.2. The van der Waals surface area contributed by atoms with Gasteiger partial charge in [0.1, 0.15) is 42.0 Å². The normalized spacial score (nSPS) is 17.9. The lowest BCUT2D eigenvalue weighted by molar-refractivity contribution is -0.135. The molecular weight excluding hydrogens is 618 g/mol. The van der Waals surface area contributed by atoms with Crippen LogP contribution < -0.4 is 4.74 Å². The summed E-state index contributed by atoms with van der Waals surface area (Å²) < 4.78 is 38.1. The molecule has 0 saturated carbocycles. The quantitative estimate of drug-likeness (QED) is 0.219. The number of amides is 2. The molecule has 0 N–H and O–H groups in total. The standard InChI is InChI=1S/C38H50F2N2O6/c1-26(43)20-30(32-21-31(22-33(40)23-32)28-8-10-34(11-9-28)47-19-15-39)24-35(44)29-6-5-16-42(25-29)36(45)12-7-27-13-17-41(18-14-27)37(46)48-38(2,3)4/h8-11,21-23,27,29-30H,5-7,12-20,24-25H2,1-4H3/t29-,30?/m1/s1. The lowest BCUT2D eigenvalue weighted by Gasteiger charge is -2.35. The Balaban J connectivity index is 1.33. The minimum atomic E-state index is -0.597. The summed E-state index contributed by atoms with van der Waals surface area (Å²) in [5.74, 6) is -0.503. The Morgan fingerprint density at radius 3 is 2.27 bits per heavy atom. The van der Waals surface area contributed by atoms with Gasteiger partial charge >= 0.3 is 6.09 Å². The number of carbonyl (C=O) groups excluding carboxylic acids is 4. The van der Waals surface area contributed by atoms with Gasteiger partial charge in [0.15, 0.2) is 0 Å². The number of nitrogens with zero attached hydrogens (tertiary/aromatic N) is 2. The number of carbonyl (C=O) groups is 4. The van der Waals surface area contributed by atoms with Crippen LogP contribution in [-0.4, -0.2) is 78.4 Å². The number of ether oxygens (including phenoxy) is 2. The Labute approximate surface area is 283 Å². The predicted octanol–water partition coefficient (Wildman–Crippen LogP) is 7.53. The van der Waals surface area contributed by atoms with Crippen LogP contribution in [0.25, 0.3) is 11.1 Å². The van der Waals surface area contributed by atoms with Gasteiger partial charge in [-0.3, -0.25) is 9.59 Å². The highest BCUT2D eigenvalue weighted by molar-refractivity contribution is 5.85. The molecule has 262 valence electrons. The van der Waals surface area contributed by atoms with Crippen molar-refractivity contribution in [1.82, 2.24) is 9.80 Å². The molecule has 2 fully saturated rings. The van der Waals surface area contributed by atoms with Crippen LogP contribution in [0.15, 0.2) is 42.5 Å². The Morgan fingerprint density at radius 1 is 0.917 bits per heavy atom. The fraction of sp³-hybridized carbons (Fsp3) is 0.579. The van der Waals surface area contributed by atoms with Gasteiger partial charge in [-0.1, -0.05) is 18.2 Å². The molecule has 0 bridgehead atoms. The molecule has 2 amide bonds. The third-order valence-electron chi connectivity index (χ3n) is 9.17. The Kier molecular flexibility index (Phi) is 13.1. The fourth-order valence-electron chi connectivity index (χ4n) is 6.66. The minimum Gasteiger partial charge on any atom is -0.491 e. The SMILES string of the molecule is CC(=O)CC(CC(=O)[C@@H]1CCCN(C(=O)CCC2CCN(C(=O)OC(C)(C)C)CC2)C1)c1cc(F)cc(-c2ccc(OCCF)cc2)c1. The first kappa shape index (κ1) is 37.0. The van der Waals surface area contributed by atoms with Crippen molar-refractivity contribution in [2.45, 2.75) is 90.6 Å². The zero-order valence-electron chi connectivity index (χ0n) is 28.8. The van der Waals surface area contributed by atoms with E-state index in [1.807, 2.05) is 26.8 Å². The van der Waals surface area contributed by atoms with E-state index in [1.165, 1.54) is 19.1 Å². The molecule has 2 aromatic carbocycles. The Hall–Kier alpha value is -3.82. The second-order valence-corrected chi connectivity index (χ2v) is 14.2. The lowest BCUT2D eigenvalue weighted by Crippen LogP contribution is -2.43. The van der Waals surface area contributed by atoms with Crippen LogP contribution in [-0.2, 0) is 19.1 Å². The molecule has 2 aromatic rings. The van der Waals surface area contributed by atoms with Crippen molar-refractivity contribution in [1.29, 1.82) is 0 Å². The number of ketones is 2. The maximum absolute atomic E-state index is 14.9. The molecular formula is C38H50F2N2O6. The van der Waals surface area contributed by atoms with Gasteiger partial charge < -0.3 is 24.1 Å². The number of hydrogen-bond donors (Lipinski definition) is 0. The number of hydrogen-bond acceptors (Lipinski definition) is 6. The van der Waals surface area contributed by atoms with E-state index in [1.54, 1.807) is 34.1 Å². The zero-order chi connectivity index (χ0) is 34.8. The first-order valence-corrected chi connectivity index (χ1v) is 17.2. The van der Waals surface area contributed by atoms with E-state index in [4.69, 9.17) is 9.47 Å². The topological polar surface area (TPSA) is 93.2 Å². The molecule has 0 aromatic heterocycles. The molecule has 8 nitrogen and oxygen atoms in total. The Morgan fingerprint density at radius 2 is 1.62 bits per heavy atom. The average Bonchev–Trinajstić information content (AvgIpc) is 3.05. The van der Waals surface area contributed by atoms with Crippen molar-refractivity contribution in [3.8, 4) is 16.9 Å². The number of alkyl halides is 1. The van der Waals surface area contributed by atoms with Gasteiger partial charge in [0.2, 0.25) is 5.91 Å². The summed E-state index contributed by atoms with van der Waals surface area (Å²) in [6, 6.07) is 11.5. The molecule has 0 radical (unpaired) electrons. The molecule has 10 heteroatoms. The summed E-state index contributed by atoms with van der Waals surface area (Å²) in [6.45, 7) is 8.58. The van der Waals surface area contributed by atoms with Gasteiger partial charge in [-0.25, -0.2) is 13.6 Å². The molecule has 0 spiro atoms. The molecule has 2 saturated heterocycles. The van der Waals surface area contributed by atoms with Crippen LogP contribution in [0.3, 0.4) is 0 Å². The lowest BCUT2D eigenvalue weighted by atomic mass is 9.83. The summed E-state index contributed by atoms with van der Waals surface area (Å²) in [6.07, 6.45) is 4.09. The third kappa shape index (κ3) is 11.1. The maximum Gasteiger partial charge on any atom is 0.410 e. The fourth-order valence-corrected chi connectivity index (χ4v) is 6.66. The first-order chi connectivity index (χ1) is 22.8. The molecule has 0 aliphatic carbocycles. The van der Waals surface area contributed by atoms with E-state index in [0.717, 1.165) is 31.2 Å². The van der Waals surface area contributed by atoms with Crippen LogP contribution in [0, 0.1) is 17.7 Å². The van der Waals surface area contributed by atoms with Crippen LogP contribution in [0.5, 0.6) is 5.75 Å². The summed E-state index contributed by atoms with van der Waals surface area (Å²) >= 11 is 0. The highest BCUT2D eigenvalue weighted by atomic mass is 19.1. The van der Waals surface area contributed by atoms with E-state index in [-0.39, 0.29) is 48.9 Å². The van der Waals surface area contributed by atoms with Crippen molar-refractivity contribution in [2.75, 3.05) is 39.5 Å². The largest absolute Gasteiger partial charge is 0.491 e. The van der Waals surface area contributed by atoms with Gasteiger partial charge in [-0.2, -0.15) is 0 Å². The predicted molar refractivity (Wildman–Crippen MR) is 180 cm³/mol. The van der Waals surface area contributed by atoms with Gasteiger partial charge in [-0.15, -0.1) is 0 Å². The van der Waals surface area contributed by atoms with Crippen LogP contribution in [0.2, 0.25) is 0 Å². The number of benzene rings is 2. The number of rotatable bonds is 13. The summed E-state index contributed by atoms with van der Waals surface area (Å²) in [4.78, 5) is 55.1. The zero-order valence-corrected chi connectivity index (χ0v) is 28.8. The monoisotopic (exact) mass is 668 g/mol. The van der Waals surface area contributed by atoms with Gasteiger partial charge in [0.25, 0.3) is 0 Å². The number of halogens is 2. The Bertz CT molecular complexity index is 1420. The number of likely N-dealkylation sites (tertiary alicyclic amines) is 2.